The second-order valence-corrected chi connectivity index (χ2v) is 12.5. The molecule has 2 aliphatic rings. The van der Waals surface area contributed by atoms with E-state index in [4.69, 9.17) is 0 Å². The fraction of sp³-hybridized carbons (Fsp3) is 0.435. The summed E-state index contributed by atoms with van der Waals surface area (Å²) < 4.78 is 54.5. The Kier molecular flexibility index (Phi) is 6.90. The highest BCUT2D eigenvalue weighted by Crippen LogP contribution is 2.28. The molecule has 2 saturated heterocycles. The van der Waals surface area contributed by atoms with Gasteiger partial charge < -0.3 is 5.32 Å². The van der Waals surface area contributed by atoms with Gasteiger partial charge in [0.15, 0.2) is 0 Å². The van der Waals surface area contributed by atoms with Gasteiger partial charge in [-0.3, -0.25) is 4.79 Å². The van der Waals surface area contributed by atoms with Gasteiger partial charge in [0.25, 0.3) is 0 Å². The maximum Gasteiger partial charge on any atom is 0.243 e. The monoisotopic (exact) mass is 491 g/mol. The van der Waals surface area contributed by atoms with Gasteiger partial charge in [0, 0.05) is 25.3 Å². The fourth-order valence-electron chi connectivity index (χ4n) is 4.33. The Morgan fingerprint density at radius 3 is 2.06 bits per heavy atom. The van der Waals surface area contributed by atoms with Gasteiger partial charge in [0.1, 0.15) is 6.04 Å². The van der Waals surface area contributed by atoms with Gasteiger partial charge in [-0.2, -0.15) is 8.61 Å². The Hall–Kier alpha value is -2.27. The minimum Gasteiger partial charge on any atom is -0.325 e. The molecule has 8 nitrogen and oxygen atoms in total. The molecule has 4 rings (SSSR count). The minimum absolute atomic E-state index is 0.159. The molecule has 0 radical (unpaired) electrons. The molecule has 2 aliphatic heterocycles. The summed E-state index contributed by atoms with van der Waals surface area (Å²) in [6.07, 6.45) is 2.71. The van der Waals surface area contributed by atoms with Crippen LogP contribution in [0.5, 0.6) is 0 Å². The molecule has 10 heteroatoms. The second kappa shape index (κ2) is 9.54. The van der Waals surface area contributed by atoms with Crippen LogP contribution in [0.1, 0.15) is 32.6 Å². The number of carbonyl (C=O) groups excluding carboxylic acids is 1. The smallest absolute Gasteiger partial charge is 0.243 e. The summed E-state index contributed by atoms with van der Waals surface area (Å²) in [4.78, 5) is 13.3. The second-order valence-electron chi connectivity index (χ2n) is 8.69. The van der Waals surface area contributed by atoms with Crippen LogP contribution in [0, 0.1) is 5.92 Å². The third-order valence-corrected chi connectivity index (χ3v) is 10.2. The first-order valence-electron chi connectivity index (χ1n) is 11.2. The summed E-state index contributed by atoms with van der Waals surface area (Å²) in [6.45, 7) is 3.42. The molecule has 1 unspecified atom stereocenters. The summed E-state index contributed by atoms with van der Waals surface area (Å²) in [5, 5.41) is 2.75. The first kappa shape index (κ1) is 23.9. The van der Waals surface area contributed by atoms with Crippen molar-refractivity contribution < 1.29 is 21.6 Å². The van der Waals surface area contributed by atoms with Gasteiger partial charge in [0.05, 0.1) is 9.79 Å². The van der Waals surface area contributed by atoms with E-state index >= 15 is 0 Å². The number of nitrogens with one attached hydrogen (secondary N) is 1. The van der Waals surface area contributed by atoms with Crippen LogP contribution in [0.3, 0.4) is 0 Å². The van der Waals surface area contributed by atoms with Gasteiger partial charge >= 0.3 is 0 Å². The van der Waals surface area contributed by atoms with Crippen LogP contribution in [-0.4, -0.2) is 57.0 Å². The normalized spacial score (nSPS) is 21.2. The molecule has 33 heavy (non-hydrogen) atoms. The van der Waals surface area contributed by atoms with E-state index in [1.807, 2.05) is 0 Å². The van der Waals surface area contributed by atoms with Crippen LogP contribution in [0.4, 0.5) is 5.69 Å². The zero-order valence-corrected chi connectivity index (χ0v) is 20.2. The van der Waals surface area contributed by atoms with E-state index in [1.54, 1.807) is 30.3 Å². The van der Waals surface area contributed by atoms with E-state index < -0.39 is 32.0 Å². The number of anilines is 1. The van der Waals surface area contributed by atoms with Crippen molar-refractivity contribution in [3.8, 4) is 0 Å². The predicted octanol–water partition coefficient (Wildman–Crippen LogP) is 2.90. The largest absolute Gasteiger partial charge is 0.325 e. The van der Waals surface area contributed by atoms with E-state index in [-0.39, 0.29) is 16.3 Å². The first-order valence-corrected chi connectivity index (χ1v) is 14.1. The zero-order chi connectivity index (χ0) is 23.6. The molecule has 0 aliphatic carbocycles. The van der Waals surface area contributed by atoms with E-state index in [2.05, 4.69) is 12.2 Å². The number of nitrogens with zero attached hydrogens (tertiary/aromatic N) is 2. The summed E-state index contributed by atoms with van der Waals surface area (Å²) in [7, 11) is -7.35. The number of sulfonamides is 2. The summed E-state index contributed by atoms with van der Waals surface area (Å²) in [5.41, 5.74) is 0.426. The Balaban J connectivity index is 1.45. The van der Waals surface area contributed by atoms with Crippen molar-refractivity contribution in [2.75, 3.05) is 25.0 Å². The zero-order valence-electron chi connectivity index (χ0n) is 18.6. The lowest BCUT2D eigenvalue weighted by Crippen LogP contribution is -2.43. The molecule has 2 heterocycles. The molecule has 0 bridgehead atoms. The highest BCUT2D eigenvalue weighted by atomic mass is 32.2. The standard InChI is InChI=1S/C23H29N3O5S2/c1-18-13-16-25(17-14-18)32(28,29)21-11-9-19(10-12-21)24-23(27)22-8-5-15-26(22)33(30,31)20-6-3-2-4-7-20/h2-4,6-7,9-12,18,22H,5,8,13-17H2,1H3,(H,24,27). The Morgan fingerprint density at radius 1 is 0.818 bits per heavy atom. The molecule has 1 amide bonds. The molecule has 1 atom stereocenters. The number of rotatable bonds is 6. The van der Waals surface area contributed by atoms with Crippen molar-refractivity contribution in [3.63, 3.8) is 0 Å². The molecule has 2 aromatic carbocycles. The van der Waals surface area contributed by atoms with Crippen LogP contribution >= 0.6 is 0 Å². The first-order chi connectivity index (χ1) is 15.7. The minimum atomic E-state index is -3.78. The molecule has 2 aromatic rings. The van der Waals surface area contributed by atoms with Crippen LogP contribution in [0.15, 0.2) is 64.4 Å². The van der Waals surface area contributed by atoms with Gasteiger partial charge in [-0.15, -0.1) is 0 Å². The quantitative estimate of drug-likeness (QED) is 0.669. The molecule has 0 aromatic heterocycles. The lowest BCUT2D eigenvalue weighted by molar-refractivity contribution is -0.119. The average molecular weight is 492 g/mol. The van der Waals surface area contributed by atoms with Gasteiger partial charge in [-0.05, 0) is 68.0 Å². The topological polar surface area (TPSA) is 104 Å². The Morgan fingerprint density at radius 2 is 1.42 bits per heavy atom. The van der Waals surface area contributed by atoms with Crippen molar-refractivity contribution in [3.05, 3.63) is 54.6 Å². The number of hydrogen-bond acceptors (Lipinski definition) is 5. The van der Waals surface area contributed by atoms with Crippen LogP contribution in [-0.2, 0) is 24.8 Å². The molecule has 178 valence electrons. The summed E-state index contributed by atoms with van der Waals surface area (Å²) in [6, 6.07) is 13.3. The third kappa shape index (κ3) is 4.98. The number of piperidine rings is 1. The lowest BCUT2D eigenvalue weighted by atomic mass is 10.0. The number of benzene rings is 2. The summed E-state index contributed by atoms with van der Waals surface area (Å²) in [5.74, 6) is 0.0996. The molecule has 0 spiro atoms. The molecule has 0 saturated carbocycles. The van der Waals surface area contributed by atoms with E-state index in [9.17, 15) is 21.6 Å². The van der Waals surface area contributed by atoms with Crippen molar-refractivity contribution in [1.29, 1.82) is 0 Å². The highest BCUT2D eigenvalue weighted by molar-refractivity contribution is 7.89. The Labute approximate surface area is 195 Å². The molecular formula is C23H29N3O5S2. The SMILES string of the molecule is CC1CCN(S(=O)(=O)c2ccc(NC(=O)C3CCCN3S(=O)(=O)c3ccccc3)cc2)CC1. The number of hydrogen-bond donors (Lipinski definition) is 1. The Bertz CT molecular complexity index is 1190. The molecule has 1 N–H and O–H groups in total. The fourth-order valence-corrected chi connectivity index (χ4v) is 7.48. The van der Waals surface area contributed by atoms with Crippen molar-refractivity contribution in [2.24, 2.45) is 5.92 Å². The maximum atomic E-state index is 13.0. The van der Waals surface area contributed by atoms with Crippen LogP contribution < -0.4 is 5.32 Å². The summed E-state index contributed by atoms with van der Waals surface area (Å²) >= 11 is 0. The van der Waals surface area contributed by atoms with Crippen molar-refractivity contribution in [1.82, 2.24) is 8.61 Å². The van der Waals surface area contributed by atoms with Gasteiger partial charge in [-0.25, -0.2) is 16.8 Å². The number of carbonyl (C=O) groups is 1. The molecule has 2 fully saturated rings. The predicted molar refractivity (Wildman–Crippen MR) is 126 cm³/mol. The van der Waals surface area contributed by atoms with E-state index in [0.29, 0.717) is 37.5 Å². The van der Waals surface area contributed by atoms with E-state index in [1.165, 1.54) is 32.9 Å². The van der Waals surface area contributed by atoms with Crippen molar-refractivity contribution >= 4 is 31.6 Å². The maximum absolute atomic E-state index is 13.0. The van der Waals surface area contributed by atoms with Crippen molar-refractivity contribution in [2.45, 2.75) is 48.4 Å². The van der Waals surface area contributed by atoms with Crippen LogP contribution in [0.25, 0.3) is 0 Å². The average Bonchev–Trinajstić information content (AvgIpc) is 3.32. The van der Waals surface area contributed by atoms with E-state index in [0.717, 1.165) is 12.8 Å². The highest BCUT2D eigenvalue weighted by Gasteiger charge is 2.39. The number of amides is 1. The molecular weight excluding hydrogens is 462 g/mol. The third-order valence-electron chi connectivity index (χ3n) is 6.36. The van der Waals surface area contributed by atoms with Crippen LogP contribution in [0.2, 0.25) is 0 Å². The van der Waals surface area contributed by atoms with Gasteiger partial charge in [-0.1, -0.05) is 25.1 Å². The lowest BCUT2D eigenvalue weighted by Gasteiger charge is -2.29. The van der Waals surface area contributed by atoms with Gasteiger partial charge in [0.2, 0.25) is 26.0 Å².